The summed E-state index contributed by atoms with van der Waals surface area (Å²) >= 11 is 0. The van der Waals surface area contributed by atoms with Gasteiger partial charge < -0.3 is 15.3 Å². The van der Waals surface area contributed by atoms with Gasteiger partial charge in [-0.2, -0.15) is 0 Å². The van der Waals surface area contributed by atoms with Gasteiger partial charge in [0.15, 0.2) is 0 Å². The standard InChI is InChI=1S/C12H21N3O/c1-10-4-5-11(14-6-10)7-13-8-12(16)9-15(2)3/h4-6,12-13,16H,7-9H2,1-3H3. The van der Waals surface area contributed by atoms with E-state index in [0.717, 1.165) is 11.3 Å². The Hall–Kier alpha value is -0.970. The summed E-state index contributed by atoms with van der Waals surface area (Å²) < 4.78 is 0. The van der Waals surface area contributed by atoms with E-state index in [-0.39, 0.29) is 6.10 Å². The molecule has 0 aromatic carbocycles. The summed E-state index contributed by atoms with van der Waals surface area (Å²) in [4.78, 5) is 6.25. The number of aryl methyl sites for hydroxylation is 1. The van der Waals surface area contributed by atoms with Gasteiger partial charge in [0.05, 0.1) is 11.8 Å². The largest absolute Gasteiger partial charge is 0.390 e. The van der Waals surface area contributed by atoms with Crippen molar-refractivity contribution >= 4 is 0 Å². The lowest BCUT2D eigenvalue weighted by Crippen LogP contribution is -2.34. The van der Waals surface area contributed by atoms with Gasteiger partial charge in [-0.25, -0.2) is 0 Å². The smallest absolute Gasteiger partial charge is 0.0791 e. The first-order valence-corrected chi connectivity index (χ1v) is 5.53. The van der Waals surface area contributed by atoms with Gasteiger partial charge in [-0.15, -0.1) is 0 Å². The van der Waals surface area contributed by atoms with Crippen LogP contribution in [-0.4, -0.2) is 48.3 Å². The predicted octanol–water partition coefficient (Wildman–Crippen LogP) is 0.402. The van der Waals surface area contributed by atoms with E-state index in [0.29, 0.717) is 19.6 Å². The molecule has 0 amide bonds. The first-order valence-electron chi connectivity index (χ1n) is 5.53. The molecule has 1 heterocycles. The summed E-state index contributed by atoms with van der Waals surface area (Å²) in [5.74, 6) is 0. The fourth-order valence-corrected chi connectivity index (χ4v) is 1.46. The van der Waals surface area contributed by atoms with Crippen LogP contribution in [0.3, 0.4) is 0 Å². The molecule has 2 N–H and O–H groups in total. The summed E-state index contributed by atoms with van der Waals surface area (Å²) in [7, 11) is 3.90. The van der Waals surface area contributed by atoms with Crippen LogP contribution in [0.15, 0.2) is 18.3 Å². The molecular weight excluding hydrogens is 202 g/mol. The second-order valence-electron chi connectivity index (χ2n) is 4.37. The second kappa shape index (κ2) is 6.58. The van der Waals surface area contributed by atoms with Crippen molar-refractivity contribution in [3.05, 3.63) is 29.6 Å². The highest BCUT2D eigenvalue weighted by Gasteiger charge is 2.04. The van der Waals surface area contributed by atoms with E-state index in [2.05, 4.69) is 10.3 Å². The quantitative estimate of drug-likeness (QED) is 0.733. The number of aromatic nitrogens is 1. The molecule has 1 rings (SSSR count). The molecule has 0 spiro atoms. The van der Waals surface area contributed by atoms with Crippen molar-refractivity contribution < 1.29 is 5.11 Å². The summed E-state index contributed by atoms with van der Waals surface area (Å²) in [5.41, 5.74) is 2.17. The first-order chi connectivity index (χ1) is 7.58. The zero-order chi connectivity index (χ0) is 12.0. The minimum absolute atomic E-state index is 0.333. The van der Waals surface area contributed by atoms with Crippen LogP contribution in [0.4, 0.5) is 0 Å². The Morgan fingerprint density at radius 2 is 2.19 bits per heavy atom. The van der Waals surface area contributed by atoms with Gasteiger partial charge >= 0.3 is 0 Å². The highest BCUT2D eigenvalue weighted by atomic mass is 16.3. The van der Waals surface area contributed by atoms with Crippen molar-refractivity contribution in [2.45, 2.75) is 19.6 Å². The van der Waals surface area contributed by atoms with Crippen molar-refractivity contribution in [1.82, 2.24) is 15.2 Å². The molecule has 16 heavy (non-hydrogen) atoms. The van der Waals surface area contributed by atoms with Crippen molar-refractivity contribution in [3.63, 3.8) is 0 Å². The zero-order valence-electron chi connectivity index (χ0n) is 10.3. The lowest BCUT2D eigenvalue weighted by Gasteiger charge is -2.16. The van der Waals surface area contributed by atoms with E-state index in [1.54, 1.807) is 0 Å². The maximum Gasteiger partial charge on any atom is 0.0791 e. The van der Waals surface area contributed by atoms with Crippen LogP contribution in [0.25, 0.3) is 0 Å². The minimum atomic E-state index is -0.333. The molecule has 0 aliphatic heterocycles. The Morgan fingerprint density at radius 3 is 2.75 bits per heavy atom. The van der Waals surface area contributed by atoms with E-state index in [1.807, 2.05) is 44.2 Å². The van der Waals surface area contributed by atoms with Gasteiger partial charge in [-0.1, -0.05) is 6.07 Å². The van der Waals surface area contributed by atoms with Crippen molar-refractivity contribution in [2.75, 3.05) is 27.2 Å². The lowest BCUT2D eigenvalue weighted by molar-refractivity contribution is 0.134. The van der Waals surface area contributed by atoms with Crippen molar-refractivity contribution in [1.29, 1.82) is 0 Å². The average molecular weight is 223 g/mol. The molecule has 0 aliphatic carbocycles. The average Bonchev–Trinajstić information content (AvgIpc) is 2.20. The van der Waals surface area contributed by atoms with Crippen molar-refractivity contribution in [3.8, 4) is 0 Å². The van der Waals surface area contributed by atoms with Gasteiger partial charge in [0.2, 0.25) is 0 Å². The van der Waals surface area contributed by atoms with Crippen LogP contribution in [0.5, 0.6) is 0 Å². The van der Waals surface area contributed by atoms with Gasteiger partial charge in [-0.3, -0.25) is 4.98 Å². The highest BCUT2D eigenvalue weighted by Crippen LogP contribution is 1.97. The SMILES string of the molecule is Cc1ccc(CNCC(O)CN(C)C)nc1. The molecule has 1 unspecified atom stereocenters. The Bertz CT molecular complexity index is 298. The van der Waals surface area contributed by atoms with E-state index in [4.69, 9.17) is 0 Å². The van der Waals surface area contributed by atoms with Gasteiger partial charge in [-0.05, 0) is 32.6 Å². The third kappa shape index (κ3) is 5.21. The van der Waals surface area contributed by atoms with Gasteiger partial charge in [0, 0.05) is 25.8 Å². The molecule has 0 saturated carbocycles. The molecule has 0 radical (unpaired) electrons. The summed E-state index contributed by atoms with van der Waals surface area (Å²) in [6, 6.07) is 4.04. The topological polar surface area (TPSA) is 48.4 Å². The molecule has 4 heteroatoms. The number of rotatable bonds is 6. The Morgan fingerprint density at radius 1 is 1.44 bits per heavy atom. The number of aliphatic hydroxyl groups is 1. The number of likely N-dealkylation sites (N-methyl/N-ethyl adjacent to an activating group) is 1. The Balaban J connectivity index is 2.22. The van der Waals surface area contributed by atoms with Crippen LogP contribution in [-0.2, 0) is 6.54 Å². The number of nitrogens with zero attached hydrogens (tertiary/aromatic N) is 2. The monoisotopic (exact) mass is 223 g/mol. The normalized spacial score (nSPS) is 13.1. The number of hydrogen-bond acceptors (Lipinski definition) is 4. The molecule has 1 atom stereocenters. The van der Waals surface area contributed by atoms with E-state index in [9.17, 15) is 5.11 Å². The fourth-order valence-electron chi connectivity index (χ4n) is 1.46. The predicted molar refractivity (Wildman–Crippen MR) is 65.2 cm³/mol. The number of hydrogen-bond donors (Lipinski definition) is 2. The molecular formula is C12H21N3O. The number of nitrogens with one attached hydrogen (secondary N) is 1. The molecule has 4 nitrogen and oxygen atoms in total. The molecule has 1 aromatic rings. The zero-order valence-corrected chi connectivity index (χ0v) is 10.3. The molecule has 0 saturated heterocycles. The minimum Gasteiger partial charge on any atom is -0.390 e. The van der Waals surface area contributed by atoms with Crippen LogP contribution in [0.1, 0.15) is 11.3 Å². The van der Waals surface area contributed by atoms with Crippen molar-refractivity contribution in [2.24, 2.45) is 0 Å². The summed E-state index contributed by atoms with van der Waals surface area (Å²) in [6.45, 7) is 3.98. The third-order valence-electron chi connectivity index (χ3n) is 2.23. The molecule has 0 fully saturated rings. The molecule has 1 aromatic heterocycles. The van der Waals surface area contributed by atoms with E-state index >= 15 is 0 Å². The second-order valence-corrected chi connectivity index (χ2v) is 4.37. The fraction of sp³-hybridized carbons (Fsp3) is 0.583. The number of pyridine rings is 1. The van der Waals surface area contributed by atoms with Gasteiger partial charge in [0.1, 0.15) is 0 Å². The van der Waals surface area contributed by atoms with E-state index in [1.165, 1.54) is 0 Å². The first kappa shape index (κ1) is 13.1. The number of aliphatic hydroxyl groups excluding tert-OH is 1. The highest BCUT2D eigenvalue weighted by molar-refractivity contribution is 5.11. The molecule has 90 valence electrons. The van der Waals surface area contributed by atoms with Gasteiger partial charge in [0.25, 0.3) is 0 Å². The van der Waals surface area contributed by atoms with Crippen LogP contribution in [0, 0.1) is 6.92 Å². The summed E-state index contributed by atoms with van der Waals surface area (Å²) in [6.07, 6.45) is 1.52. The van der Waals surface area contributed by atoms with Crippen LogP contribution >= 0.6 is 0 Å². The Labute approximate surface area is 97.3 Å². The lowest BCUT2D eigenvalue weighted by atomic mass is 10.2. The molecule has 0 bridgehead atoms. The van der Waals surface area contributed by atoms with Crippen LogP contribution in [0.2, 0.25) is 0 Å². The maximum absolute atomic E-state index is 9.62. The third-order valence-corrected chi connectivity index (χ3v) is 2.23. The van der Waals surface area contributed by atoms with E-state index < -0.39 is 0 Å². The van der Waals surface area contributed by atoms with Crippen LogP contribution < -0.4 is 5.32 Å². The Kier molecular flexibility index (Phi) is 5.38. The molecule has 0 aliphatic rings. The maximum atomic E-state index is 9.62. The summed E-state index contributed by atoms with van der Waals surface area (Å²) in [5, 5.41) is 12.8.